The maximum atomic E-state index is 12.4. The van der Waals surface area contributed by atoms with Crippen LogP contribution in [0.25, 0.3) is 0 Å². The second kappa shape index (κ2) is 6.35. The fourth-order valence-electron chi connectivity index (χ4n) is 1.88. The molecule has 1 aromatic carbocycles. The molecule has 1 heterocycles. The van der Waals surface area contributed by atoms with Crippen molar-refractivity contribution in [3.63, 3.8) is 0 Å². The average Bonchev–Trinajstić information content (AvgIpc) is 2.63. The molecule has 19 heavy (non-hydrogen) atoms. The van der Waals surface area contributed by atoms with Gasteiger partial charge < -0.3 is 5.73 Å². The third-order valence-electron chi connectivity index (χ3n) is 2.75. The van der Waals surface area contributed by atoms with E-state index in [1.54, 1.807) is 0 Å². The van der Waals surface area contributed by atoms with Gasteiger partial charge in [-0.1, -0.05) is 34.8 Å². The van der Waals surface area contributed by atoms with Crippen LogP contribution in [-0.4, -0.2) is 31.9 Å². The molecule has 0 spiro atoms. The summed E-state index contributed by atoms with van der Waals surface area (Å²) in [6, 6.07) is 2.57. The van der Waals surface area contributed by atoms with E-state index >= 15 is 0 Å². The number of rotatable bonds is 2. The lowest BCUT2D eigenvalue weighted by molar-refractivity contribution is 0.472. The summed E-state index contributed by atoms with van der Waals surface area (Å²) in [7, 11) is -3.72. The molecule has 0 aromatic heterocycles. The first kappa shape index (κ1) is 17.3. The molecule has 0 bridgehead atoms. The monoisotopic (exact) mass is 364 g/mol. The molecular weight excluding hydrogens is 354 g/mol. The Morgan fingerprint density at radius 3 is 2.16 bits per heavy atom. The van der Waals surface area contributed by atoms with Crippen LogP contribution in [0, 0.1) is 0 Å². The highest BCUT2D eigenvalue weighted by atomic mass is 35.5. The number of nitrogens with zero attached hydrogens (tertiary/aromatic N) is 1. The van der Waals surface area contributed by atoms with Crippen molar-refractivity contribution < 1.29 is 8.42 Å². The van der Waals surface area contributed by atoms with E-state index in [-0.39, 0.29) is 39.9 Å². The molecule has 1 aliphatic heterocycles. The van der Waals surface area contributed by atoms with Gasteiger partial charge in [-0.25, -0.2) is 8.42 Å². The van der Waals surface area contributed by atoms with Crippen molar-refractivity contribution in [1.82, 2.24) is 4.31 Å². The fraction of sp³-hybridized carbons (Fsp3) is 0.400. The van der Waals surface area contributed by atoms with E-state index in [4.69, 9.17) is 40.5 Å². The van der Waals surface area contributed by atoms with Crippen LogP contribution in [0.2, 0.25) is 15.1 Å². The first-order valence-corrected chi connectivity index (χ1v) is 7.80. The van der Waals surface area contributed by atoms with Crippen LogP contribution < -0.4 is 5.73 Å². The minimum Gasteiger partial charge on any atom is -0.326 e. The van der Waals surface area contributed by atoms with Crippen LogP contribution in [0.5, 0.6) is 0 Å². The lowest BCUT2D eigenvalue weighted by Crippen LogP contribution is -2.32. The molecule has 0 aliphatic carbocycles. The molecule has 1 atom stereocenters. The second-order valence-corrected chi connectivity index (χ2v) is 7.24. The van der Waals surface area contributed by atoms with Gasteiger partial charge in [0.1, 0.15) is 4.90 Å². The molecule has 0 unspecified atom stereocenters. The Balaban J connectivity index is 0.00000180. The van der Waals surface area contributed by atoms with Crippen molar-refractivity contribution in [2.45, 2.75) is 17.4 Å². The van der Waals surface area contributed by atoms with E-state index in [1.807, 2.05) is 0 Å². The fourth-order valence-corrected chi connectivity index (χ4v) is 4.88. The molecular formula is C10H12Cl4N2O2S. The van der Waals surface area contributed by atoms with Gasteiger partial charge in [-0.15, -0.1) is 12.4 Å². The molecule has 0 saturated carbocycles. The maximum absolute atomic E-state index is 12.4. The highest BCUT2D eigenvalue weighted by Crippen LogP contribution is 2.35. The Bertz CT molecular complexity index is 556. The van der Waals surface area contributed by atoms with Crippen LogP contribution in [0.1, 0.15) is 6.42 Å². The number of sulfonamides is 1. The van der Waals surface area contributed by atoms with Crippen molar-refractivity contribution in [3.8, 4) is 0 Å². The zero-order valence-corrected chi connectivity index (χ0v) is 13.5. The van der Waals surface area contributed by atoms with Gasteiger partial charge in [0.2, 0.25) is 10.0 Å². The molecule has 1 aromatic rings. The lowest BCUT2D eigenvalue weighted by atomic mass is 10.3. The van der Waals surface area contributed by atoms with Crippen LogP contribution >= 0.6 is 47.2 Å². The second-order valence-electron chi connectivity index (χ2n) is 4.11. The summed E-state index contributed by atoms with van der Waals surface area (Å²) in [5, 5.41) is 0.336. The predicted octanol–water partition coefficient (Wildman–Crippen LogP) is 2.79. The number of hydrogen-bond donors (Lipinski definition) is 1. The van der Waals surface area contributed by atoms with E-state index in [9.17, 15) is 8.42 Å². The number of benzene rings is 1. The zero-order chi connectivity index (χ0) is 13.5. The number of hydrogen-bond acceptors (Lipinski definition) is 3. The third kappa shape index (κ3) is 3.47. The number of halogens is 4. The van der Waals surface area contributed by atoms with E-state index in [0.29, 0.717) is 18.0 Å². The average molecular weight is 366 g/mol. The molecule has 108 valence electrons. The summed E-state index contributed by atoms with van der Waals surface area (Å²) in [5.41, 5.74) is 5.71. The minimum absolute atomic E-state index is 0. The van der Waals surface area contributed by atoms with Gasteiger partial charge in [-0.05, 0) is 18.6 Å². The van der Waals surface area contributed by atoms with Crippen LogP contribution in [-0.2, 0) is 10.0 Å². The smallest absolute Gasteiger partial charge is 0.246 e. The molecule has 0 radical (unpaired) electrons. The van der Waals surface area contributed by atoms with Gasteiger partial charge in [0.15, 0.2) is 0 Å². The van der Waals surface area contributed by atoms with Gasteiger partial charge >= 0.3 is 0 Å². The Kier molecular flexibility index (Phi) is 5.78. The minimum atomic E-state index is -3.72. The normalized spacial score (nSPS) is 20.3. The van der Waals surface area contributed by atoms with Crippen molar-refractivity contribution in [3.05, 3.63) is 27.2 Å². The van der Waals surface area contributed by atoms with Crippen molar-refractivity contribution >= 4 is 57.2 Å². The summed E-state index contributed by atoms with van der Waals surface area (Å²) < 4.78 is 26.1. The molecule has 0 amide bonds. The van der Waals surface area contributed by atoms with Gasteiger partial charge in [0.05, 0.1) is 10.0 Å². The first-order valence-electron chi connectivity index (χ1n) is 5.22. The van der Waals surface area contributed by atoms with E-state index in [2.05, 4.69) is 0 Å². The topological polar surface area (TPSA) is 63.4 Å². The summed E-state index contributed by atoms with van der Waals surface area (Å²) in [6.45, 7) is 0.649. The quantitative estimate of drug-likeness (QED) is 0.876. The summed E-state index contributed by atoms with van der Waals surface area (Å²) in [6.07, 6.45) is 0.627. The SMILES string of the molecule is Cl.N[C@@H]1CCN(S(=O)(=O)c2c(Cl)cc(Cl)cc2Cl)C1. The third-order valence-corrected chi connectivity index (χ3v) is 5.75. The Hall–Kier alpha value is 0.250. The van der Waals surface area contributed by atoms with E-state index in [0.717, 1.165) is 0 Å². The van der Waals surface area contributed by atoms with Crippen molar-refractivity contribution in [2.24, 2.45) is 5.73 Å². The molecule has 2 N–H and O–H groups in total. The van der Waals surface area contributed by atoms with E-state index in [1.165, 1.54) is 16.4 Å². The Labute approximate surface area is 133 Å². The van der Waals surface area contributed by atoms with Crippen LogP contribution in [0.4, 0.5) is 0 Å². The summed E-state index contributed by atoms with van der Waals surface area (Å²) in [5.74, 6) is 0. The standard InChI is InChI=1S/C10H11Cl3N2O2S.ClH/c11-6-3-8(12)10(9(13)4-6)18(16,17)15-2-1-7(14)5-15;/h3-4,7H,1-2,5,14H2;1H/t7-;/m1./s1. The lowest BCUT2D eigenvalue weighted by Gasteiger charge is -2.18. The summed E-state index contributed by atoms with van der Waals surface area (Å²) >= 11 is 17.6. The molecule has 1 fully saturated rings. The molecule has 2 rings (SSSR count). The van der Waals surface area contributed by atoms with Crippen LogP contribution in [0.3, 0.4) is 0 Å². The predicted molar refractivity (Wildman–Crippen MR) is 80.1 cm³/mol. The van der Waals surface area contributed by atoms with Crippen LogP contribution in [0.15, 0.2) is 17.0 Å². The molecule has 9 heteroatoms. The highest BCUT2D eigenvalue weighted by Gasteiger charge is 2.34. The Morgan fingerprint density at radius 2 is 1.74 bits per heavy atom. The molecule has 1 aliphatic rings. The number of nitrogens with two attached hydrogens (primary N) is 1. The Morgan fingerprint density at radius 1 is 1.21 bits per heavy atom. The summed E-state index contributed by atoms with van der Waals surface area (Å²) in [4.78, 5) is -0.107. The molecule has 4 nitrogen and oxygen atoms in total. The maximum Gasteiger partial charge on any atom is 0.246 e. The van der Waals surface area contributed by atoms with Gasteiger partial charge in [0, 0.05) is 24.2 Å². The largest absolute Gasteiger partial charge is 0.326 e. The van der Waals surface area contributed by atoms with Gasteiger partial charge in [-0.3, -0.25) is 0 Å². The van der Waals surface area contributed by atoms with Gasteiger partial charge in [0.25, 0.3) is 0 Å². The van der Waals surface area contributed by atoms with Crippen molar-refractivity contribution in [2.75, 3.05) is 13.1 Å². The van der Waals surface area contributed by atoms with Crippen molar-refractivity contribution in [1.29, 1.82) is 0 Å². The zero-order valence-electron chi connectivity index (χ0n) is 9.64. The first-order chi connectivity index (χ1) is 8.32. The van der Waals surface area contributed by atoms with E-state index < -0.39 is 10.0 Å². The highest BCUT2D eigenvalue weighted by molar-refractivity contribution is 7.89. The van der Waals surface area contributed by atoms with Gasteiger partial charge in [-0.2, -0.15) is 4.31 Å². The molecule has 1 saturated heterocycles.